The number of nitrogens with zero attached hydrogens (tertiary/aromatic N) is 2. The second-order valence-corrected chi connectivity index (χ2v) is 7.81. The van der Waals surface area contributed by atoms with Crippen molar-refractivity contribution in [2.45, 2.75) is 19.0 Å². The van der Waals surface area contributed by atoms with E-state index < -0.39 is 5.91 Å². The molecule has 3 aromatic rings. The van der Waals surface area contributed by atoms with Gasteiger partial charge >= 0.3 is 0 Å². The lowest BCUT2D eigenvalue weighted by molar-refractivity contribution is -0.119. The Labute approximate surface area is 183 Å². The van der Waals surface area contributed by atoms with Crippen LogP contribution in [0.1, 0.15) is 21.5 Å². The Balaban J connectivity index is 1.60. The summed E-state index contributed by atoms with van der Waals surface area (Å²) in [6, 6.07) is 10.7. The molecule has 2 N–H and O–H groups in total. The highest BCUT2D eigenvalue weighted by Crippen LogP contribution is 2.24. The van der Waals surface area contributed by atoms with E-state index in [1.165, 1.54) is 30.5 Å². The van der Waals surface area contributed by atoms with Crippen LogP contribution in [0.15, 0.2) is 53.9 Å². The van der Waals surface area contributed by atoms with E-state index in [2.05, 4.69) is 15.8 Å². The Kier molecular flexibility index (Phi) is 7.02. The summed E-state index contributed by atoms with van der Waals surface area (Å²) in [4.78, 5) is 28.9. The third-order valence-electron chi connectivity index (χ3n) is 4.50. The van der Waals surface area contributed by atoms with E-state index in [1.807, 2.05) is 42.8 Å². The number of aryl methyl sites for hydroxylation is 1. The molecular weight excluding hydrogens is 424 g/mol. The molecule has 0 saturated carbocycles. The van der Waals surface area contributed by atoms with Crippen molar-refractivity contribution in [2.75, 3.05) is 12.9 Å². The molecule has 30 heavy (non-hydrogen) atoms. The molecule has 0 spiro atoms. The molecular formula is C21H21ClN4O3S. The summed E-state index contributed by atoms with van der Waals surface area (Å²) in [6.45, 7) is 4.10. The maximum Gasteiger partial charge on any atom is 0.273 e. The first-order chi connectivity index (χ1) is 14.4. The summed E-state index contributed by atoms with van der Waals surface area (Å²) in [5.74, 6) is -0.458. The number of carbonyl (C=O) groups is 2. The number of nitrogens with one attached hydrogen (secondary N) is 2. The average molecular weight is 445 g/mol. The Hall–Kier alpha value is -2.97. The summed E-state index contributed by atoms with van der Waals surface area (Å²) in [6.07, 6.45) is 3.55. The van der Waals surface area contributed by atoms with Crippen LogP contribution in [-0.4, -0.2) is 34.2 Å². The lowest BCUT2D eigenvalue weighted by Gasteiger charge is -2.13. The van der Waals surface area contributed by atoms with Crippen LogP contribution >= 0.6 is 23.4 Å². The topological polar surface area (TPSA) is 85.2 Å². The van der Waals surface area contributed by atoms with Crippen molar-refractivity contribution in [3.8, 4) is 11.4 Å². The Morgan fingerprint density at radius 1 is 1.20 bits per heavy atom. The van der Waals surface area contributed by atoms with Gasteiger partial charge in [0.1, 0.15) is 5.75 Å². The molecule has 1 aromatic heterocycles. The monoisotopic (exact) mass is 444 g/mol. The second kappa shape index (κ2) is 9.69. The number of methoxy groups -OCH3 is 1. The van der Waals surface area contributed by atoms with Gasteiger partial charge in [-0.2, -0.15) is 0 Å². The lowest BCUT2D eigenvalue weighted by atomic mass is 10.1. The van der Waals surface area contributed by atoms with Crippen molar-refractivity contribution < 1.29 is 14.3 Å². The fourth-order valence-electron chi connectivity index (χ4n) is 2.79. The predicted octanol–water partition coefficient (Wildman–Crippen LogP) is 3.70. The van der Waals surface area contributed by atoms with Gasteiger partial charge in [0.2, 0.25) is 5.91 Å². The number of benzene rings is 2. The summed E-state index contributed by atoms with van der Waals surface area (Å²) in [5, 5.41) is 1.07. The molecule has 3 rings (SSSR count). The van der Waals surface area contributed by atoms with Crippen molar-refractivity contribution in [1.82, 2.24) is 20.4 Å². The van der Waals surface area contributed by atoms with Gasteiger partial charge in [0.15, 0.2) is 5.16 Å². The quantitative estimate of drug-likeness (QED) is 0.447. The number of hydrazine groups is 1. The highest BCUT2D eigenvalue weighted by Gasteiger charge is 2.15. The van der Waals surface area contributed by atoms with Gasteiger partial charge in [-0.3, -0.25) is 25.0 Å². The van der Waals surface area contributed by atoms with E-state index in [0.717, 1.165) is 11.3 Å². The maximum atomic E-state index is 12.3. The van der Waals surface area contributed by atoms with Crippen molar-refractivity contribution in [3.05, 3.63) is 70.5 Å². The summed E-state index contributed by atoms with van der Waals surface area (Å²) < 4.78 is 7.09. The molecule has 156 valence electrons. The van der Waals surface area contributed by atoms with E-state index >= 15 is 0 Å². The van der Waals surface area contributed by atoms with E-state index in [1.54, 1.807) is 18.3 Å². The van der Waals surface area contributed by atoms with Gasteiger partial charge in [0, 0.05) is 17.4 Å². The van der Waals surface area contributed by atoms with Crippen LogP contribution in [0.3, 0.4) is 0 Å². The Morgan fingerprint density at radius 3 is 2.77 bits per heavy atom. The number of amides is 2. The van der Waals surface area contributed by atoms with Gasteiger partial charge < -0.3 is 4.74 Å². The number of imidazole rings is 1. The standard InChI is InChI=1S/C21H21ClN4O3S/c1-13-5-4-6-17(14(13)2)26-10-9-23-21(26)30-12-19(27)24-25-20(28)16-11-15(22)7-8-18(16)29-3/h4-11H,12H2,1-3H3,(H,24,27)(H,25,28). The highest BCUT2D eigenvalue weighted by molar-refractivity contribution is 7.99. The number of hydrogen-bond donors (Lipinski definition) is 2. The molecule has 0 unspecified atom stereocenters. The number of hydrogen-bond acceptors (Lipinski definition) is 5. The van der Waals surface area contributed by atoms with Crippen molar-refractivity contribution in [1.29, 1.82) is 0 Å². The molecule has 9 heteroatoms. The molecule has 0 aliphatic heterocycles. The second-order valence-electron chi connectivity index (χ2n) is 6.43. The van der Waals surface area contributed by atoms with Crippen LogP contribution in [0.2, 0.25) is 5.02 Å². The van der Waals surface area contributed by atoms with Crippen LogP contribution in [0.4, 0.5) is 0 Å². The number of carbonyl (C=O) groups excluding carboxylic acids is 2. The summed E-state index contributed by atoms with van der Waals surface area (Å²) in [5.41, 5.74) is 8.33. The number of halogens is 1. The molecule has 2 aromatic carbocycles. The first kappa shape index (κ1) is 21.7. The summed E-state index contributed by atoms with van der Waals surface area (Å²) in [7, 11) is 1.45. The number of rotatable bonds is 6. The number of thioether (sulfide) groups is 1. The minimum absolute atomic E-state index is 0.0782. The Bertz CT molecular complexity index is 1080. The first-order valence-corrected chi connectivity index (χ1v) is 10.4. The smallest absolute Gasteiger partial charge is 0.273 e. The van der Waals surface area contributed by atoms with Gasteiger partial charge in [0.25, 0.3) is 5.91 Å². The van der Waals surface area contributed by atoms with Crippen LogP contribution in [0, 0.1) is 13.8 Å². The molecule has 0 aliphatic rings. The normalized spacial score (nSPS) is 10.5. The van der Waals surface area contributed by atoms with Crippen molar-refractivity contribution >= 4 is 35.2 Å². The third-order valence-corrected chi connectivity index (χ3v) is 5.70. The highest BCUT2D eigenvalue weighted by atomic mass is 35.5. The van der Waals surface area contributed by atoms with Gasteiger partial charge in [-0.1, -0.05) is 35.5 Å². The molecule has 2 amide bonds. The lowest BCUT2D eigenvalue weighted by Crippen LogP contribution is -2.42. The Morgan fingerprint density at radius 2 is 2.00 bits per heavy atom. The third kappa shape index (κ3) is 4.95. The minimum Gasteiger partial charge on any atom is -0.496 e. The summed E-state index contributed by atoms with van der Waals surface area (Å²) >= 11 is 7.21. The van der Waals surface area contributed by atoms with Gasteiger partial charge in [-0.15, -0.1) is 0 Å². The van der Waals surface area contributed by atoms with Gasteiger partial charge in [-0.25, -0.2) is 4.98 Å². The van der Waals surface area contributed by atoms with E-state index in [0.29, 0.717) is 15.9 Å². The van der Waals surface area contributed by atoms with Crippen molar-refractivity contribution in [2.24, 2.45) is 0 Å². The largest absolute Gasteiger partial charge is 0.496 e. The maximum absolute atomic E-state index is 12.3. The molecule has 0 bridgehead atoms. The average Bonchev–Trinajstić information content (AvgIpc) is 3.20. The molecule has 0 radical (unpaired) electrons. The number of aromatic nitrogens is 2. The van der Waals surface area contributed by atoms with Crippen LogP contribution in [0.5, 0.6) is 5.75 Å². The fourth-order valence-corrected chi connectivity index (χ4v) is 3.73. The van der Waals surface area contributed by atoms with Gasteiger partial charge in [0.05, 0.1) is 24.1 Å². The van der Waals surface area contributed by atoms with E-state index in [9.17, 15) is 9.59 Å². The number of ether oxygens (including phenoxy) is 1. The predicted molar refractivity (Wildman–Crippen MR) is 117 cm³/mol. The van der Waals surface area contributed by atoms with Crippen molar-refractivity contribution in [3.63, 3.8) is 0 Å². The van der Waals surface area contributed by atoms with E-state index in [4.69, 9.17) is 16.3 Å². The molecule has 0 atom stereocenters. The zero-order valence-electron chi connectivity index (χ0n) is 16.7. The van der Waals surface area contributed by atoms with Crippen LogP contribution < -0.4 is 15.6 Å². The fraction of sp³-hybridized carbons (Fsp3) is 0.190. The molecule has 7 nitrogen and oxygen atoms in total. The SMILES string of the molecule is COc1ccc(Cl)cc1C(=O)NNC(=O)CSc1nccn1-c1cccc(C)c1C. The molecule has 0 fully saturated rings. The first-order valence-electron chi connectivity index (χ1n) is 9.06. The molecule has 1 heterocycles. The van der Waals surface area contributed by atoms with E-state index in [-0.39, 0.29) is 17.2 Å². The minimum atomic E-state index is -0.524. The molecule has 0 saturated heterocycles. The van der Waals surface area contributed by atoms with Gasteiger partial charge in [-0.05, 0) is 49.2 Å². The zero-order valence-corrected chi connectivity index (χ0v) is 18.3. The zero-order chi connectivity index (χ0) is 21.7. The van der Waals surface area contributed by atoms with Crippen LogP contribution in [-0.2, 0) is 4.79 Å². The van der Waals surface area contributed by atoms with Crippen LogP contribution in [0.25, 0.3) is 5.69 Å². The molecule has 0 aliphatic carbocycles.